The summed E-state index contributed by atoms with van der Waals surface area (Å²) in [6, 6.07) is 4.61. The molecule has 0 unspecified atom stereocenters. The smallest absolute Gasteiger partial charge is 0.348 e. The highest BCUT2D eigenvalue weighted by atomic mass is 19.1. The Morgan fingerprint density at radius 2 is 1.80 bits per heavy atom. The van der Waals surface area contributed by atoms with Crippen LogP contribution >= 0.6 is 0 Å². The molecule has 0 atom stereocenters. The first-order chi connectivity index (χ1) is 11.8. The normalized spacial score (nSPS) is 20.8. The van der Waals surface area contributed by atoms with E-state index in [1.54, 1.807) is 12.1 Å². The Labute approximate surface area is 145 Å². The number of benzene rings is 1. The molecular formula is C18H20FNO5. The van der Waals surface area contributed by atoms with Crippen LogP contribution in [0.2, 0.25) is 0 Å². The molecule has 134 valence electrons. The molecule has 0 spiro atoms. The molecule has 2 fully saturated rings. The van der Waals surface area contributed by atoms with E-state index in [0.717, 1.165) is 13.1 Å². The highest BCUT2D eigenvalue weighted by Crippen LogP contribution is 2.24. The van der Waals surface area contributed by atoms with E-state index in [-0.39, 0.29) is 5.57 Å². The van der Waals surface area contributed by atoms with E-state index in [2.05, 4.69) is 4.90 Å². The fraction of sp³-hybridized carbons (Fsp3) is 0.444. The Balaban J connectivity index is 1.76. The molecule has 6 nitrogen and oxygen atoms in total. The number of halogens is 1. The molecule has 3 rings (SSSR count). The first-order valence-electron chi connectivity index (χ1n) is 8.11. The maximum absolute atomic E-state index is 14.4. The number of hydrogen-bond donors (Lipinski definition) is 0. The lowest BCUT2D eigenvalue weighted by molar-refractivity contribution is -0.222. The molecule has 2 aliphatic rings. The molecule has 2 heterocycles. The summed E-state index contributed by atoms with van der Waals surface area (Å²) in [5, 5.41) is 0. The quantitative estimate of drug-likeness (QED) is 0.472. The van der Waals surface area contributed by atoms with Gasteiger partial charge in [-0.3, -0.25) is 4.90 Å². The third-order valence-electron chi connectivity index (χ3n) is 4.00. The average Bonchev–Trinajstić information content (AvgIpc) is 2.53. The number of nitrogens with zero attached hydrogens (tertiary/aromatic N) is 1. The molecule has 0 aliphatic carbocycles. The summed E-state index contributed by atoms with van der Waals surface area (Å²) in [6.07, 6.45) is 1.28. The molecule has 0 bridgehead atoms. The lowest BCUT2D eigenvalue weighted by Gasteiger charge is -2.29. The molecule has 0 saturated carbocycles. The van der Waals surface area contributed by atoms with E-state index >= 15 is 0 Å². The number of morpholine rings is 1. The Bertz CT molecular complexity index is 700. The minimum Gasteiger partial charge on any atom is -0.419 e. The summed E-state index contributed by atoms with van der Waals surface area (Å²) in [5.74, 6) is -3.24. The second kappa shape index (κ2) is 6.93. The summed E-state index contributed by atoms with van der Waals surface area (Å²) < 4.78 is 29.7. The van der Waals surface area contributed by atoms with Crippen LogP contribution in [0.1, 0.15) is 25.0 Å². The van der Waals surface area contributed by atoms with Crippen LogP contribution in [0.15, 0.2) is 23.8 Å². The molecule has 1 aromatic rings. The van der Waals surface area contributed by atoms with Crippen molar-refractivity contribution in [1.82, 2.24) is 4.90 Å². The van der Waals surface area contributed by atoms with Crippen molar-refractivity contribution in [2.24, 2.45) is 0 Å². The largest absolute Gasteiger partial charge is 0.419 e. The Morgan fingerprint density at radius 3 is 2.40 bits per heavy atom. The van der Waals surface area contributed by atoms with Gasteiger partial charge in [0.05, 0.1) is 13.2 Å². The summed E-state index contributed by atoms with van der Waals surface area (Å²) in [4.78, 5) is 26.0. The molecular weight excluding hydrogens is 329 g/mol. The Hall–Kier alpha value is -2.25. The zero-order chi connectivity index (χ0) is 18.0. The zero-order valence-corrected chi connectivity index (χ0v) is 14.2. The number of ether oxygens (including phenoxy) is 3. The molecule has 0 N–H and O–H groups in total. The van der Waals surface area contributed by atoms with Gasteiger partial charge in [-0.05, 0) is 17.7 Å². The molecule has 0 amide bonds. The SMILES string of the molecule is CC1(C)OC(=O)C(=Cc2ccc(CN3CCOCC3)c(F)c2)C(=O)O1. The molecule has 0 aromatic heterocycles. The van der Waals surface area contributed by atoms with Crippen LogP contribution in [0, 0.1) is 5.82 Å². The first kappa shape index (κ1) is 17.6. The molecule has 7 heteroatoms. The van der Waals surface area contributed by atoms with Crippen molar-refractivity contribution in [3.8, 4) is 0 Å². The first-order valence-corrected chi connectivity index (χ1v) is 8.11. The maximum atomic E-state index is 14.4. The van der Waals surface area contributed by atoms with Gasteiger partial charge in [0.1, 0.15) is 11.4 Å². The van der Waals surface area contributed by atoms with Gasteiger partial charge in [-0.2, -0.15) is 0 Å². The summed E-state index contributed by atoms with van der Waals surface area (Å²) in [6.45, 7) is 6.25. The molecule has 2 saturated heterocycles. The fourth-order valence-electron chi connectivity index (χ4n) is 2.73. The van der Waals surface area contributed by atoms with Crippen LogP contribution in [0.5, 0.6) is 0 Å². The van der Waals surface area contributed by atoms with Crippen molar-refractivity contribution in [3.63, 3.8) is 0 Å². The van der Waals surface area contributed by atoms with Gasteiger partial charge < -0.3 is 14.2 Å². The van der Waals surface area contributed by atoms with Gasteiger partial charge in [0.25, 0.3) is 5.79 Å². The van der Waals surface area contributed by atoms with E-state index in [0.29, 0.717) is 30.9 Å². The van der Waals surface area contributed by atoms with E-state index in [1.165, 1.54) is 26.0 Å². The molecule has 0 radical (unpaired) electrons. The second-order valence-corrected chi connectivity index (χ2v) is 6.48. The third kappa shape index (κ3) is 4.24. The van der Waals surface area contributed by atoms with Crippen molar-refractivity contribution in [3.05, 3.63) is 40.7 Å². The third-order valence-corrected chi connectivity index (χ3v) is 4.00. The van der Waals surface area contributed by atoms with Crippen molar-refractivity contribution in [1.29, 1.82) is 0 Å². The predicted octanol–water partition coefficient (Wildman–Crippen LogP) is 1.88. The predicted molar refractivity (Wildman–Crippen MR) is 86.7 cm³/mol. The summed E-state index contributed by atoms with van der Waals surface area (Å²) >= 11 is 0. The van der Waals surface area contributed by atoms with Crippen molar-refractivity contribution in [2.75, 3.05) is 26.3 Å². The van der Waals surface area contributed by atoms with Gasteiger partial charge in [0, 0.05) is 39.0 Å². The fourth-order valence-corrected chi connectivity index (χ4v) is 2.73. The van der Waals surface area contributed by atoms with Crippen molar-refractivity contribution >= 4 is 18.0 Å². The molecule has 1 aromatic carbocycles. The summed E-state index contributed by atoms with van der Waals surface area (Å²) in [5.41, 5.74) is 0.700. The molecule has 25 heavy (non-hydrogen) atoms. The minimum absolute atomic E-state index is 0.250. The Morgan fingerprint density at radius 1 is 1.16 bits per heavy atom. The number of hydrogen-bond acceptors (Lipinski definition) is 6. The summed E-state index contributed by atoms with van der Waals surface area (Å²) in [7, 11) is 0. The topological polar surface area (TPSA) is 65.1 Å². The van der Waals surface area contributed by atoms with Crippen LogP contribution in [0.3, 0.4) is 0 Å². The van der Waals surface area contributed by atoms with E-state index in [9.17, 15) is 14.0 Å². The standard InChI is InChI=1S/C18H20FNO5/c1-18(2)24-16(21)14(17(22)25-18)9-12-3-4-13(15(19)10-12)11-20-5-7-23-8-6-20/h3-4,9-10H,5-8,11H2,1-2H3. The Kier molecular flexibility index (Phi) is 4.87. The van der Waals surface area contributed by atoms with Crippen LogP contribution in [-0.2, 0) is 30.3 Å². The van der Waals surface area contributed by atoms with Crippen molar-refractivity contribution < 1.29 is 28.2 Å². The van der Waals surface area contributed by atoms with Crippen molar-refractivity contribution in [2.45, 2.75) is 26.2 Å². The highest BCUT2D eigenvalue weighted by Gasteiger charge is 2.38. The van der Waals surface area contributed by atoms with Gasteiger partial charge in [-0.25, -0.2) is 14.0 Å². The monoisotopic (exact) mass is 349 g/mol. The highest BCUT2D eigenvalue weighted by molar-refractivity contribution is 6.18. The molecule has 2 aliphatic heterocycles. The van der Waals surface area contributed by atoms with Crippen LogP contribution < -0.4 is 0 Å². The number of esters is 2. The number of carbonyl (C=O) groups is 2. The van der Waals surface area contributed by atoms with E-state index < -0.39 is 23.5 Å². The second-order valence-electron chi connectivity index (χ2n) is 6.48. The van der Waals surface area contributed by atoms with Gasteiger partial charge in [-0.15, -0.1) is 0 Å². The zero-order valence-electron chi connectivity index (χ0n) is 14.2. The lowest BCUT2D eigenvalue weighted by atomic mass is 10.1. The maximum Gasteiger partial charge on any atom is 0.348 e. The number of cyclic esters (lactones) is 2. The average molecular weight is 349 g/mol. The lowest BCUT2D eigenvalue weighted by Crippen LogP contribution is -2.41. The van der Waals surface area contributed by atoms with Gasteiger partial charge in [0.2, 0.25) is 0 Å². The number of rotatable bonds is 3. The van der Waals surface area contributed by atoms with Crippen LogP contribution in [-0.4, -0.2) is 48.9 Å². The number of carbonyl (C=O) groups excluding carboxylic acids is 2. The van der Waals surface area contributed by atoms with Crippen LogP contribution in [0.4, 0.5) is 4.39 Å². The minimum atomic E-state index is -1.29. The van der Waals surface area contributed by atoms with Gasteiger partial charge >= 0.3 is 11.9 Å². The van der Waals surface area contributed by atoms with E-state index in [1.807, 2.05) is 0 Å². The van der Waals surface area contributed by atoms with Crippen LogP contribution in [0.25, 0.3) is 6.08 Å². The van der Waals surface area contributed by atoms with Gasteiger partial charge in [-0.1, -0.05) is 12.1 Å². The van der Waals surface area contributed by atoms with E-state index in [4.69, 9.17) is 14.2 Å². The van der Waals surface area contributed by atoms with Gasteiger partial charge in [0.15, 0.2) is 0 Å².